The number of ether oxygens (including phenoxy) is 1. The lowest BCUT2D eigenvalue weighted by Gasteiger charge is -2.36. The van der Waals surface area contributed by atoms with Gasteiger partial charge in [-0.15, -0.1) is 0 Å². The molecule has 0 aromatic heterocycles. The molecule has 0 aliphatic carbocycles. The second-order valence-electron chi connectivity index (χ2n) is 8.60. The minimum absolute atomic E-state index is 0.0750. The van der Waals surface area contributed by atoms with Crippen LogP contribution in [0.3, 0.4) is 0 Å². The number of thiocarbonyl (C=S) groups is 1. The molecule has 3 aromatic rings. The fourth-order valence-corrected chi connectivity index (χ4v) is 6.26. The van der Waals surface area contributed by atoms with Crippen LogP contribution in [0.4, 0.5) is 11.4 Å². The number of aryl methyl sites for hydroxylation is 1. The molecule has 3 aromatic carbocycles. The first-order valence-corrected chi connectivity index (χ1v) is 14.3. The van der Waals surface area contributed by atoms with E-state index in [0.717, 1.165) is 5.56 Å². The van der Waals surface area contributed by atoms with Gasteiger partial charge in [-0.05, 0) is 61.6 Å². The van der Waals surface area contributed by atoms with E-state index in [1.165, 1.54) is 17.5 Å². The van der Waals surface area contributed by atoms with E-state index in [1.54, 1.807) is 54.6 Å². The number of para-hydroxylation sites is 1. The Morgan fingerprint density at radius 3 is 2.29 bits per heavy atom. The molecule has 0 radical (unpaired) electrons. The van der Waals surface area contributed by atoms with Crippen LogP contribution in [-0.4, -0.2) is 57.0 Å². The minimum atomic E-state index is -3.60. The lowest BCUT2D eigenvalue weighted by atomic mass is 10.2. The number of methoxy groups -OCH3 is 1. The van der Waals surface area contributed by atoms with Crippen LogP contribution in [0, 0.1) is 6.92 Å². The van der Waals surface area contributed by atoms with Crippen LogP contribution in [0.2, 0.25) is 10.0 Å². The molecule has 0 bridgehead atoms. The second-order valence-corrected chi connectivity index (χ2v) is 11.8. The SMILES string of the molecule is COc1ccc(C(=O)NC(=S)Nc2cccc(Cl)c2N2CCN(S(=O)(=O)c3ccc(C)cc3)CC2)cc1Cl. The molecule has 0 atom stereocenters. The van der Waals surface area contributed by atoms with Crippen molar-refractivity contribution < 1.29 is 17.9 Å². The van der Waals surface area contributed by atoms with Crippen LogP contribution >= 0.6 is 35.4 Å². The molecule has 0 saturated carbocycles. The molecule has 12 heteroatoms. The first kappa shape index (κ1) is 28.1. The van der Waals surface area contributed by atoms with Crippen LogP contribution in [0.5, 0.6) is 5.75 Å². The number of nitrogens with one attached hydrogen (secondary N) is 2. The molecule has 1 aliphatic heterocycles. The summed E-state index contributed by atoms with van der Waals surface area (Å²) in [5, 5.41) is 6.54. The summed E-state index contributed by atoms with van der Waals surface area (Å²) >= 11 is 18.1. The van der Waals surface area contributed by atoms with Gasteiger partial charge in [-0.3, -0.25) is 10.1 Å². The number of hydrogen-bond acceptors (Lipinski definition) is 6. The fourth-order valence-electron chi connectivity index (χ4n) is 4.09. The van der Waals surface area contributed by atoms with E-state index < -0.39 is 15.9 Å². The number of sulfonamides is 1. The zero-order valence-corrected chi connectivity index (χ0v) is 23.8. The van der Waals surface area contributed by atoms with Crippen molar-refractivity contribution in [2.75, 3.05) is 43.5 Å². The zero-order valence-electron chi connectivity index (χ0n) is 20.7. The summed E-state index contributed by atoms with van der Waals surface area (Å²) in [6, 6.07) is 16.8. The van der Waals surface area contributed by atoms with Crippen LogP contribution in [0.15, 0.2) is 65.6 Å². The highest BCUT2D eigenvalue weighted by atomic mass is 35.5. The van der Waals surface area contributed by atoms with Crippen molar-refractivity contribution in [1.29, 1.82) is 0 Å². The number of halogens is 2. The molecule has 1 amide bonds. The monoisotopic (exact) mass is 592 g/mol. The molecule has 8 nitrogen and oxygen atoms in total. The molecule has 38 heavy (non-hydrogen) atoms. The third-order valence-corrected chi connectivity index (χ3v) is 8.81. The Labute approximate surface area is 237 Å². The first-order chi connectivity index (χ1) is 18.1. The molecule has 1 aliphatic rings. The number of amides is 1. The van der Waals surface area contributed by atoms with E-state index in [4.69, 9.17) is 40.2 Å². The molecular formula is C26H26Cl2N4O4S2. The average Bonchev–Trinajstić information content (AvgIpc) is 2.89. The van der Waals surface area contributed by atoms with Gasteiger partial charge < -0.3 is 15.0 Å². The number of hydrogen-bond donors (Lipinski definition) is 2. The molecule has 200 valence electrons. The van der Waals surface area contributed by atoms with Crippen LogP contribution in [0.25, 0.3) is 0 Å². The lowest BCUT2D eigenvalue weighted by molar-refractivity contribution is 0.0977. The third kappa shape index (κ3) is 6.22. The normalized spacial score (nSPS) is 14.2. The highest BCUT2D eigenvalue weighted by Crippen LogP contribution is 2.35. The summed E-state index contributed by atoms with van der Waals surface area (Å²) in [4.78, 5) is 15.0. The Balaban J connectivity index is 1.44. The number of piperazine rings is 1. The van der Waals surface area contributed by atoms with Crippen LogP contribution in [-0.2, 0) is 10.0 Å². The first-order valence-electron chi connectivity index (χ1n) is 11.7. The Bertz CT molecular complexity index is 1460. The predicted molar refractivity (Wildman–Crippen MR) is 155 cm³/mol. The van der Waals surface area contributed by atoms with E-state index in [-0.39, 0.29) is 10.0 Å². The van der Waals surface area contributed by atoms with E-state index >= 15 is 0 Å². The van der Waals surface area contributed by atoms with Crippen molar-refractivity contribution in [3.05, 3.63) is 81.8 Å². The van der Waals surface area contributed by atoms with E-state index in [2.05, 4.69) is 10.6 Å². The van der Waals surface area contributed by atoms with E-state index in [9.17, 15) is 13.2 Å². The summed E-state index contributed by atoms with van der Waals surface area (Å²) in [6.45, 7) is 3.34. The third-order valence-electron chi connectivity index (χ3n) is 6.09. The van der Waals surface area contributed by atoms with Gasteiger partial charge in [0.1, 0.15) is 5.75 Å². The van der Waals surface area contributed by atoms with Gasteiger partial charge in [0.05, 0.1) is 33.4 Å². The Hall–Kier alpha value is -2.89. The summed E-state index contributed by atoms with van der Waals surface area (Å²) < 4.78 is 32.8. The predicted octanol–water partition coefficient (Wildman–Crippen LogP) is 4.95. The molecule has 0 unspecified atom stereocenters. The van der Waals surface area contributed by atoms with Crippen molar-refractivity contribution in [2.45, 2.75) is 11.8 Å². The Morgan fingerprint density at radius 2 is 1.66 bits per heavy atom. The van der Waals surface area contributed by atoms with Gasteiger partial charge in [0.2, 0.25) is 10.0 Å². The molecule has 2 N–H and O–H groups in total. The fraction of sp³-hybridized carbons (Fsp3) is 0.231. The van der Waals surface area contributed by atoms with Crippen molar-refractivity contribution in [3.63, 3.8) is 0 Å². The summed E-state index contributed by atoms with van der Waals surface area (Å²) in [5.41, 5.74) is 2.57. The Kier molecular flexibility index (Phi) is 8.79. The van der Waals surface area contributed by atoms with Crippen molar-refractivity contribution in [1.82, 2.24) is 9.62 Å². The van der Waals surface area contributed by atoms with Crippen molar-refractivity contribution in [2.24, 2.45) is 0 Å². The maximum Gasteiger partial charge on any atom is 0.257 e. The minimum Gasteiger partial charge on any atom is -0.495 e. The van der Waals surface area contributed by atoms with Gasteiger partial charge in [-0.2, -0.15) is 4.31 Å². The molecular weight excluding hydrogens is 567 g/mol. The van der Waals surface area contributed by atoms with Crippen molar-refractivity contribution in [3.8, 4) is 5.75 Å². The quantitative estimate of drug-likeness (QED) is 0.391. The van der Waals surface area contributed by atoms with Gasteiger partial charge in [0.15, 0.2) is 5.11 Å². The molecule has 0 spiro atoms. The van der Waals surface area contributed by atoms with Crippen molar-refractivity contribution >= 4 is 67.8 Å². The Morgan fingerprint density at radius 1 is 0.974 bits per heavy atom. The van der Waals surface area contributed by atoms with Crippen LogP contribution < -0.4 is 20.3 Å². The number of rotatable bonds is 6. The maximum atomic E-state index is 13.1. The number of carbonyl (C=O) groups is 1. The standard InChI is InChI=1S/C26H26Cl2N4O4S2/c1-17-6-9-19(10-7-17)38(34,35)32-14-12-31(13-15-32)24-20(27)4-3-5-22(24)29-26(37)30-25(33)18-8-11-23(36-2)21(28)16-18/h3-11,16H,12-15H2,1-2H3,(H2,29,30,33,37). The largest absolute Gasteiger partial charge is 0.495 e. The number of carbonyl (C=O) groups excluding carboxylic acids is 1. The van der Waals surface area contributed by atoms with Gasteiger partial charge in [-0.1, -0.05) is 47.0 Å². The summed E-state index contributed by atoms with van der Waals surface area (Å²) in [7, 11) is -2.11. The summed E-state index contributed by atoms with van der Waals surface area (Å²) in [6.07, 6.45) is 0. The molecule has 1 saturated heterocycles. The van der Waals surface area contributed by atoms with Crippen LogP contribution in [0.1, 0.15) is 15.9 Å². The molecule has 1 heterocycles. The van der Waals surface area contributed by atoms with E-state index in [1.807, 2.05) is 11.8 Å². The smallest absolute Gasteiger partial charge is 0.257 e. The van der Waals surface area contributed by atoms with Gasteiger partial charge >= 0.3 is 0 Å². The highest BCUT2D eigenvalue weighted by Gasteiger charge is 2.30. The molecule has 1 fully saturated rings. The summed E-state index contributed by atoms with van der Waals surface area (Å²) in [5.74, 6) is 0.0183. The average molecular weight is 594 g/mol. The second kappa shape index (κ2) is 11.9. The van der Waals surface area contributed by atoms with Gasteiger partial charge in [0, 0.05) is 31.7 Å². The maximum absolute atomic E-state index is 13.1. The number of nitrogens with zero attached hydrogens (tertiary/aromatic N) is 2. The lowest BCUT2D eigenvalue weighted by Crippen LogP contribution is -2.49. The number of anilines is 2. The zero-order chi connectivity index (χ0) is 27.4. The van der Waals surface area contributed by atoms with Gasteiger partial charge in [0.25, 0.3) is 5.91 Å². The number of benzene rings is 3. The highest BCUT2D eigenvalue weighted by molar-refractivity contribution is 7.89. The topological polar surface area (TPSA) is 91.0 Å². The molecule has 4 rings (SSSR count). The van der Waals surface area contributed by atoms with Gasteiger partial charge in [-0.25, -0.2) is 8.42 Å². The van der Waals surface area contributed by atoms with E-state index in [0.29, 0.717) is 58.9 Å².